The van der Waals surface area contributed by atoms with Crippen LogP contribution in [0.15, 0.2) is 5.51 Å². The molecule has 0 unspecified atom stereocenters. The minimum atomic E-state index is 0. The van der Waals surface area contributed by atoms with Crippen LogP contribution in [0.4, 0.5) is 0 Å². The number of nitrogens with one attached hydrogen (secondary N) is 2. The molecular weight excluding hydrogens is 293 g/mol. The van der Waals surface area contributed by atoms with Crippen molar-refractivity contribution in [2.75, 3.05) is 6.54 Å². The molecule has 2 rings (SSSR count). The highest BCUT2D eigenvalue weighted by atomic mass is 35.5. The Morgan fingerprint density at radius 1 is 1.56 bits per heavy atom. The maximum Gasteiger partial charge on any atom is 0.237 e. The molecule has 0 radical (unpaired) electrons. The Labute approximate surface area is 124 Å². The Hall–Kier alpha value is -0.360. The van der Waals surface area contributed by atoms with E-state index in [0.717, 1.165) is 30.0 Å². The molecule has 104 valence electrons. The van der Waals surface area contributed by atoms with E-state index in [1.165, 1.54) is 6.42 Å². The monoisotopic (exact) mass is 311 g/mol. The van der Waals surface area contributed by atoms with Gasteiger partial charge in [0.05, 0.1) is 23.8 Å². The van der Waals surface area contributed by atoms with Crippen LogP contribution in [0.3, 0.4) is 0 Å². The van der Waals surface area contributed by atoms with E-state index in [0.29, 0.717) is 6.54 Å². The molecule has 1 aromatic heterocycles. The maximum absolute atomic E-state index is 11.8. The van der Waals surface area contributed by atoms with Crippen LogP contribution in [0.2, 0.25) is 0 Å². The van der Waals surface area contributed by atoms with Gasteiger partial charge in [0, 0.05) is 4.88 Å². The molecular formula is C11H19Cl2N3OS. The first-order chi connectivity index (χ1) is 7.77. The fourth-order valence-electron chi connectivity index (χ4n) is 1.86. The van der Waals surface area contributed by atoms with Crippen molar-refractivity contribution in [2.45, 2.75) is 38.8 Å². The molecule has 0 aliphatic carbocycles. The average molecular weight is 312 g/mol. The zero-order valence-corrected chi connectivity index (χ0v) is 12.7. The zero-order valence-electron chi connectivity index (χ0n) is 10.3. The zero-order chi connectivity index (χ0) is 11.4. The van der Waals surface area contributed by atoms with Crippen molar-refractivity contribution in [3.8, 4) is 0 Å². The topological polar surface area (TPSA) is 54.0 Å². The second-order valence-electron chi connectivity index (χ2n) is 4.08. The maximum atomic E-state index is 11.8. The van der Waals surface area contributed by atoms with Crippen molar-refractivity contribution in [1.82, 2.24) is 15.6 Å². The van der Waals surface area contributed by atoms with Crippen molar-refractivity contribution in [1.29, 1.82) is 0 Å². The van der Waals surface area contributed by atoms with Gasteiger partial charge in [0.25, 0.3) is 0 Å². The first-order valence-electron chi connectivity index (χ1n) is 5.67. The van der Waals surface area contributed by atoms with Crippen molar-refractivity contribution in [3.63, 3.8) is 0 Å². The number of thiazole rings is 1. The van der Waals surface area contributed by atoms with Crippen LogP contribution in [0.5, 0.6) is 0 Å². The SMILES string of the molecule is Cc1ncsc1CNC(=O)[C@@H]1CCCCN1.Cl.Cl. The number of aryl methyl sites for hydroxylation is 1. The molecule has 1 saturated heterocycles. The third-order valence-corrected chi connectivity index (χ3v) is 3.83. The second kappa shape index (κ2) is 8.69. The lowest BCUT2D eigenvalue weighted by Gasteiger charge is -2.22. The Balaban J connectivity index is 0.00000144. The van der Waals surface area contributed by atoms with E-state index in [1.54, 1.807) is 11.3 Å². The minimum Gasteiger partial charge on any atom is -0.350 e. The summed E-state index contributed by atoms with van der Waals surface area (Å²) in [5.41, 5.74) is 2.83. The van der Waals surface area contributed by atoms with E-state index >= 15 is 0 Å². The van der Waals surface area contributed by atoms with Crippen molar-refractivity contribution in [2.24, 2.45) is 0 Å². The normalized spacial score (nSPS) is 18.4. The molecule has 0 aromatic carbocycles. The van der Waals surface area contributed by atoms with Crippen LogP contribution in [0.25, 0.3) is 0 Å². The van der Waals surface area contributed by atoms with E-state index in [4.69, 9.17) is 0 Å². The molecule has 1 fully saturated rings. The van der Waals surface area contributed by atoms with E-state index < -0.39 is 0 Å². The number of carbonyl (C=O) groups excluding carboxylic acids is 1. The van der Waals surface area contributed by atoms with Crippen molar-refractivity contribution >= 4 is 42.1 Å². The van der Waals surface area contributed by atoms with Gasteiger partial charge in [-0.15, -0.1) is 36.2 Å². The Morgan fingerprint density at radius 3 is 2.89 bits per heavy atom. The molecule has 0 spiro atoms. The van der Waals surface area contributed by atoms with Gasteiger partial charge in [0.2, 0.25) is 5.91 Å². The van der Waals surface area contributed by atoms with E-state index in [1.807, 2.05) is 12.4 Å². The van der Waals surface area contributed by atoms with Gasteiger partial charge in [-0.05, 0) is 26.3 Å². The smallest absolute Gasteiger partial charge is 0.237 e. The minimum absolute atomic E-state index is 0. The van der Waals surface area contributed by atoms with Crippen molar-refractivity contribution in [3.05, 3.63) is 16.1 Å². The molecule has 0 saturated carbocycles. The number of hydrogen-bond donors (Lipinski definition) is 2. The summed E-state index contributed by atoms with van der Waals surface area (Å²) >= 11 is 1.59. The number of aromatic nitrogens is 1. The quantitative estimate of drug-likeness (QED) is 0.898. The number of piperidine rings is 1. The lowest BCUT2D eigenvalue weighted by Crippen LogP contribution is -2.46. The molecule has 7 heteroatoms. The summed E-state index contributed by atoms with van der Waals surface area (Å²) < 4.78 is 0. The summed E-state index contributed by atoms with van der Waals surface area (Å²) in [5.74, 6) is 0.118. The molecule has 1 aliphatic heterocycles. The molecule has 1 amide bonds. The standard InChI is InChI=1S/C11H17N3OS.2ClH/c1-8-10(16-7-14-8)6-13-11(15)9-4-2-3-5-12-9;;/h7,9,12H,2-6H2,1H3,(H,13,15);2*1H/t9-;;/m0../s1. The summed E-state index contributed by atoms with van der Waals surface area (Å²) in [7, 11) is 0. The number of hydrogen-bond acceptors (Lipinski definition) is 4. The van der Waals surface area contributed by atoms with Gasteiger partial charge in [0.1, 0.15) is 0 Å². The number of nitrogens with zero attached hydrogens (tertiary/aromatic N) is 1. The van der Waals surface area contributed by atoms with E-state index in [-0.39, 0.29) is 36.8 Å². The first kappa shape index (κ1) is 17.6. The van der Waals surface area contributed by atoms with Gasteiger partial charge in [-0.2, -0.15) is 0 Å². The van der Waals surface area contributed by atoms with E-state index in [9.17, 15) is 4.79 Å². The number of carbonyl (C=O) groups is 1. The first-order valence-corrected chi connectivity index (χ1v) is 6.55. The highest BCUT2D eigenvalue weighted by molar-refractivity contribution is 7.09. The Kier molecular flexibility index (Phi) is 8.52. The number of rotatable bonds is 3. The van der Waals surface area contributed by atoms with Crippen LogP contribution in [0.1, 0.15) is 29.8 Å². The van der Waals surface area contributed by atoms with E-state index in [2.05, 4.69) is 15.6 Å². The predicted octanol–water partition coefficient (Wildman–Crippen LogP) is 2.05. The highest BCUT2D eigenvalue weighted by Crippen LogP contribution is 2.12. The summed E-state index contributed by atoms with van der Waals surface area (Å²) in [5, 5.41) is 6.20. The fourth-order valence-corrected chi connectivity index (χ4v) is 2.58. The Morgan fingerprint density at radius 2 is 2.33 bits per heavy atom. The average Bonchev–Trinajstić information content (AvgIpc) is 2.73. The van der Waals surface area contributed by atoms with Gasteiger partial charge in [-0.25, -0.2) is 4.98 Å². The summed E-state index contributed by atoms with van der Waals surface area (Å²) in [6.45, 7) is 3.53. The molecule has 2 heterocycles. The predicted molar refractivity (Wildman–Crippen MR) is 78.8 cm³/mol. The second-order valence-corrected chi connectivity index (χ2v) is 5.02. The largest absolute Gasteiger partial charge is 0.350 e. The molecule has 1 aromatic rings. The molecule has 1 aliphatic rings. The van der Waals surface area contributed by atoms with Crippen molar-refractivity contribution < 1.29 is 4.79 Å². The van der Waals surface area contributed by atoms with Crippen LogP contribution in [0, 0.1) is 6.92 Å². The van der Waals surface area contributed by atoms with Gasteiger partial charge in [-0.3, -0.25) is 4.79 Å². The molecule has 2 N–H and O–H groups in total. The van der Waals surface area contributed by atoms with Crippen LogP contribution >= 0.6 is 36.2 Å². The van der Waals surface area contributed by atoms with Gasteiger partial charge >= 0.3 is 0 Å². The molecule has 0 bridgehead atoms. The number of amides is 1. The third-order valence-electron chi connectivity index (χ3n) is 2.89. The molecule has 4 nitrogen and oxygen atoms in total. The summed E-state index contributed by atoms with van der Waals surface area (Å²) in [4.78, 5) is 17.1. The fraction of sp³-hybridized carbons (Fsp3) is 0.636. The molecule has 18 heavy (non-hydrogen) atoms. The highest BCUT2D eigenvalue weighted by Gasteiger charge is 2.20. The van der Waals surface area contributed by atoms with Gasteiger partial charge < -0.3 is 10.6 Å². The van der Waals surface area contributed by atoms with Gasteiger partial charge in [0.15, 0.2) is 0 Å². The van der Waals surface area contributed by atoms with Crippen LogP contribution in [-0.4, -0.2) is 23.5 Å². The number of halogens is 2. The lowest BCUT2D eigenvalue weighted by molar-refractivity contribution is -0.123. The van der Waals surface area contributed by atoms with Crippen LogP contribution < -0.4 is 10.6 Å². The third kappa shape index (κ3) is 4.72. The van der Waals surface area contributed by atoms with Crippen LogP contribution in [-0.2, 0) is 11.3 Å². The Bertz CT molecular complexity index is 367. The van der Waals surface area contributed by atoms with Gasteiger partial charge in [-0.1, -0.05) is 6.42 Å². The lowest BCUT2D eigenvalue weighted by atomic mass is 10.0. The molecule has 1 atom stereocenters. The summed E-state index contributed by atoms with van der Waals surface area (Å²) in [6, 6.07) is 0.00183. The summed E-state index contributed by atoms with van der Waals surface area (Å²) in [6.07, 6.45) is 3.27.